The number of hydrogen-bond donors (Lipinski definition) is 3. The van der Waals surface area contributed by atoms with Crippen LogP contribution in [0, 0.1) is 39.4 Å². The molecule has 0 heterocycles. The lowest BCUT2D eigenvalue weighted by molar-refractivity contribution is -0.184. The largest absolute Gasteiger partial charge is 0.460 e. The molecule has 4 aliphatic carbocycles. The van der Waals surface area contributed by atoms with Crippen molar-refractivity contribution in [2.45, 2.75) is 124 Å². The maximum atomic E-state index is 14.3. The molecule has 0 saturated heterocycles. The fourth-order valence-electron chi connectivity index (χ4n) is 9.63. The second kappa shape index (κ2) is 9.30. The fourth-order valence-corrected chi connectivity index (χ4v) is 9.63. The fraction of sp³-hybridized carbons (Fsp3) is 0.812. The zero-order chi connectivity index (χ0) is 30.4. The minimum Gasteiger partial charge on any atom is -0.460 e. The normalized spacial score (nSPS) is 42.2. The summed E-state index contributed by atoms with van der Waals surface area (Å²) in [4.78, 5) is 52.2. The van der Waals surface area contributed by atoms with Gasteiger partial charge in [0.05, 0.1) is 6.10 Å². The smallest absolute Gasteiger partial charge is 0.303 e. The Morgan fingerprint density at radius 1 is 1.05 bits per heavy atom. The van der Waals surface area contributed by atoms with Crippen molar-refractivity contribution >= 4 is 23.3 Å². The summed E-state index contributed by atoms with van der Waals surface area (Å²) in [5.41, 5.74) is -4.98. The Labute approximate surface area is 237 Å². The molecule has 4 aliphatic rings. The van der Waals surface area contributed by atoms with Gasteiger partial charge in [0.2, 0.25) is 0 Å². The number of esters is 1. The van der Waals surface area contributed by atoms with E-state index in [-0.39, 0.29) is 49.1 Å². The van der Waals surface area contributed by atoms with Crippen molar-refractivity contribution in [2.24, 2.45) is 39.4 Å². The first-order chi connectivity index (χ1) is 18.1. The van der Waals surface area contributed by atoms with E-state index in [0.29, 0.717) is 12.8 Å². The van der Waals surface area contributed by atoms with E-state index in [2.05, 4.69) is 13.0 Å². The summed E-state index contributed by atoms with van der Waals surface area (Å²) >= 11 is 0. The van der Waals surface area contributed by atoms with Gasteiger partial charge in [0.25, 0.3) is 0 Å². The van der Waals surface area contributed by atoms with E-state index in [1.807, 2.05) is 27.7 Å². The van der Waals surface area contributed by atoms with Gasteiger partial charge in [-0.15, -0.1) is 0 Å². The number of hydrogen-bond acceptors (Lipinski definition) is 8. The Morgan fingerprint density at radius 2 is 1.65 bits per heavy atom. The zero-order valence-electron chi connectivity index (χ0n) is 25.6. The van der Waals surface area contributed by atoms with Crippen LogP contribution in [0.25, 0.3) is 0 Å². The van der Waals surface area contributed by atoms with Gasteiger partial charge in [0.1, 0.15) is 23.1 Å². The highest BCUT2D eigenvalue weighted by molar-refractivity contribution is 5.93. The van der Waals surface area contributed by atoms with Crippen LogP contribution in [-0.2, 0) is 23.9 Å². The number of aliphatic hydroxyl groups excluding tert-OH is 2. The van der Waals surface area contributed by atoms with Crippen molar-refractivity contribution in [1.82, 2.24) is 0 Å². The average Bonchev–Trinajstić information content (AvgIpc) is 3.01. The average molecular weight is 561 g/mol. The standard InChI is InChI=1S/C32H48O8/c1-17(33)40-27(2,3)13-12-23(36)32(9,39)25-21(35)15-29(6)22-11-10-18-19(14-20(34)26(38)28(18,4)5)31(22,8)24(37)16-30(25,29)7/h10,19,21-22,25-26,35,38-39H,11-16H2,1-9H3/t19?,21?,22-,25?,26?,29?,30+,31-,32?/m0/s1. The molecule has 0 amide bonds. The molecule has 3 N–H and O–H groups in total. The molecule has 0 aromatic carbocycles. The molecule has 0 bridgehead atoms. The molecule has 40 heavy (non-hydrogen) atoms. The Balaban J connectivity index is 1.70. The third kappa shape index (κ3) is 4.18. The summed E-state index contributed by atoms with van der Waals surface area (Å²) in [5, 5.41) is 34.0. The van der Waals surface area contributed by atoms with Crippen molar-refractivity contribution in [3.05, 3.63) is 11.6 Å². The number of rotatable bonds is 6. The molecule has 3 saturated carbocycles. The van der Waals surface area contributed by atoms with Crippen LogP contribution in [-0.4, -0.2) is 62.0 Å². The van der Waals surface area contributed by atoms with E-state index in [1.54, 1.807) is 13.8 Å². The summed E-state index contributed by atoms with van der Waals surface area (Å²) in [7, 11) is 0. The van der Waals surface area contributed by atoms with Gasteiger partial charge in [-0.3, -0.25) is 19.2 Å². The first-order valence-corrected chi connectivity index (χ1v) is 14.7. The number of fused-ring (bicyclic) bond motifs is 5. The molecule has 0 spiro atoms. The summed E-state index contributed by atoms with van der Waals surface area (Å²) in [6.45, 7) is 15.8. The molecule has 0 aromatic rings. The van der Waals surface area contributed by atoms with Crippen molar-refractivity contribution in [3.8, 4) is 0 Å². The van der Waals surface area contributed by atoms with Gasteiger partial charge in [0, 0.05) is 42.9 Å². The van der Waals surface area contributed by atoms with Gasteiger partial charge in [0.15, 0.2) is 11.6 Å². The van der Waals surface area contributed by atoms with Crippen LogP contribution in [0.3, 0.4) is 0 Å². The van der Waals surface area contributed by atoms with Gasteiger partial charge in [-0.25, -0.2) is 0 Å². The molecule has 4 rings (SSSR count). The highest BCUT2D eigenvalue weighted by Gasteiger charge is 2.74. The Hall–Kier alpha value is -1.90. The van der Waals surface area contributed by atoms with Gasteiger partial charge in [-0.1, -0.05) is 46.3 Å². The first-order valence-electron chi connectivity index (χ1n) is 14.7. The monoisotopic (exact) mass is 560 g/mol. The van der Waals surface area contributed by atoms with Gasteiger partial charge in [-0.05, 0) is 62.7 Å². The van der Waals surface area contributed by atoms with E-state index >= 15 is 0 Å². The van der Waals surface area contributed by atoms with Crippen molar-refractivity contribution in [1.29, 1.82) is 0 Å². The zero-order valence-corrected chi connectivity index (χ0v) is 25.6. The van der Waals surface area contributed by atoms with E-state index in [0.717, 1.165) is 5.57 Å². The van der Waals surface area contributed by atoms with E-state index < -0.39 is 62.7 Å². The highest BCUT2D eigenvalue weighted by atomic mass is 16.6. The summed E-state index contributed by atoms with van der Waals surface area (Å²) in [5.74, 6) is -2.62. The molecule has 8 heteroatoms. The molecule has 0 aliphatic heterocycles. The Bertz CT molecular complexity index is 1160. The van der Waals surface area contributed by atoms with Crippen LogP contribution in [0.4, 0.5) is 0 Å². The summed E-state index contributed by atoms with van der Waals surface area (Å²) in [6.07, 6.45) is 1.17. The van der Waals surface area contributed by atoms with Crippen LogP contribution < -0.4 is 0 Å². The van der Waals surface area contributed by atoms with E-state index in [4.69, 9.17) is 4.74 Å². The minimum absolute atomic E-state index is 0.0218. The number of ether oxygens (including phenoxy) is 1. The lowest BCUT2D eigenvalue weighted by atomic mass is 9.38. The lowest BCUT2D eigenvalue weighted by Gasteiger charge is -2.64. The van der Waals surface area contributed by atoms with Crippen LogP contribution >= 0.6 is 0 Å². The quantitative estimate of drug-likeness (QED) is 0.330. The Morgan fingerprint density at radius 3 is 2.23 bits per heavy atom. The SMILES string of the molecule is CC(=O)OC(C)(C)CCC(=O)C(C)(O)C1C(O)CC2(C)[C@@H]3CC=C4C(CC(=O)C(O)C4(C)C)[C@]3(C)C(=O)C[C@]12C. The maximum Gasteiger partial charge on any atom is 0.303 e. The number of carbonyl (C=O) groups is 4. The van der Waals surface area contributed by atoms with Gasteiger partial charge < -0.3 is 20.1 Å². The predicted octanol–water partition coefficient (Wildman–Crippen LogP) is 3.72. The molecule has 8 nitrogen and oxygen atoms in total. The third-order valence-electron chi connectivity index (χ3n) is 12.0. The van der Waals surface area contributed by atoms with Crippen LogP contribution in [0.1, 0.15) is 101 Å². The molecule has 0 aromatic heterocycles. The van der Waals surface area contributed by atoms with Crippen LogP contribution in [0.5, 0.6) is 0 Å². The molecule has 224 valence electrons. The van der Waals surface area contributed by atoms with Gasteiger partial charge >= 0.3 is 5.97 Å². The van der Waals surface area contributed by atoms with Gasteiger partial charge in [-0.2, -0.15) is 0 Å². The molecule has 0 radical (unpaired) electrons. The number of allylic oxidation sites excluding steroid dienone is 1. The highest BCUT2D eigenvalue weighted by Crippen LogP contribution is 2.74. The second-order valence-corrected chi connectivity index (χ2v) is 15.2. The number of aliphatic hydroxyl groups is 3. The van der Waals surface area contributed by atoms with E-state index in [1.165, 1.54) is 13.8 Å². The molecule has 6 unspecified atom stereocenters. The third-order valence-corrected chi connectivity index (χ3v) is 12.0. The number of Topliss-reactive ketones (excluding diaryl/α,β-unsaturated/α-hetero) is 3. The molecule has 3 fully saturated rings. The molecular formula is C32H48O8. The van der Waals surface area contributed by atoms with E-state index in [9.17, 15) is 34.5 Å². The number of ketones is 3. The lowest BCUT2D eigenvalue weighted by Crippen LogP contribution is -2.65. The van der Waals surface area contributed by atoms with Crippen LogP contribution in [0.15, 0.2) is 11.6 Å². The first kappa shape index (κ1) is 31.0. The molecular weight excluding hydrogens is 512 g/mol. The van der Waals surface area contributed by atoms with Crippen molar-refractivity contribution in [3.63, 3.8) is 0 Å². The van der Waals surface area contributed by atoms with Crippen molar-refractivity contribution < 1.29 is 39.2 Å². The Kier molecular flexibility index (Phi) is 7.22. The second-order valence-electron chi connectivity index (χ2n) is 15.2. The van der Waals surface area contributed by atoms with Crippen LogP contribution in [0.2, 0.25) is 0 Å². The predicted molar refractivity (Wildman–Crippen MR) is 148 cm³/mol. The minimum atomic E-state index is -1.91. The molecule has 9 atom stereocenters. The summed E-state index contributed by atoms with van der Waals surface area (Å²) < 4.78 is 5.31. The maximum absolute atomic E-state index is 14.3. The van der Waals surface area contributed by atoms with Crippen molar-refractivity contribution in [2.75, 3.05) is 0 Å². The number of carbonyl (C=O) groups excluding carboxylic acids is 4. The summed E-state index contributed by atoms with van der Waals surface area (Å²) in [6, 6.07) is 0. The topological polar surface area (TPSA) is 138 Å².